The third-order valence-corrected chi connectivity index (χ3v) is 6.20. The van der Waals surface area contributed by atoms with E-state index in [0.717, 1.165) is 0 Å². The third kappa shape index (κ3) is 3.34. The van der Waals surface area contributed by atoms with Crippen LogP contribution < -0.4 is 0 Å². The predicted molar refractivity (Wildman–Crippen MR) is 86.3 cm³/mol. The molecule has 3 heterocycles. The first-order chi connectivity index (χ1) is 11.4. The van der Waals surface area contributed by atoms with Gasteiger partial charge in [0.2, 0.25) is 10.0 Å². The first kappa shape index (κ1) is 17.4. The summed E-state index contributed by atoms with van der Waals surface area (Å²) >= 11 is 0. The van der Waals surface area contributed by atoms with Crippen LogP contribution in [0.5, 0.6) is 0 Å². The van der Waals surface area contributed by atoms with Gasteiger partial charge in [-0.2, -0.15) is 4.31 Å². The summed E-state index contributed by atoms with van der Waals surface area (Å²) in [4.78, 5) is 14.6. The van der Waals surface area contributed by atoms with E-state index in [1.54, 1.807) is 16.5 Å². The molecule has 2 saturated heterocycles. The van der Waals surface area contributed by atoms with E-state index in [4.69, 9.17) is 9.47 Å². The molecule has 134 valence electrons. The molecule has 0 N–H and O–H groups in total. The Morgan fingerprint density at radius 3 is 2.58 bits per heavy atom. The Labute approximate surface area is 142 Å². The van der Waals surface area contributed by atoms with E-state index in [2.05, 4.69) is 0 Å². The van der Waals surface area contributed by atoms with Crippen LogP contribution in [-0.2, 0) is 26.5 Å². The molecule has 1 unspecified atom stereocenters. The van der Waals surface area contributed by atoms with Crippen molar-refractivity contribution in [1.29, 1.82) is 0 Å². The van der Waals surface area contributed by atoms with Gasteiger partial charge >= 0.3 is 0 Å². The molecule has 9 heteroatoms. The molecule has 8 nitrogen and oxygen atoms in total. The smallest absolute Gasteiger partial charge is 0.270 e. The lowest BCUT2D eigenvalue weighted by atomic mass is 10.2. The quantitative estimate of drug-likeness (QED) is 0.755. The van der Waals surface area contributed by atoms with Crippen molar-refractivity contribution in [2.45, 2.75) is 17.9 Å². The van der Waals surface area contributed by atoms with E-state index in [-0.39, 0.29) is 16.9 Å². The summed E-state index contributed by atoms with van der Waals surface area (Å²) in [6.07, 6.45) is 1.49. The van der Waals surface area contributed by atoms with E-state index >= 15 is 0 Å². The summed E-state index contributed by atoms with van der Waals surface area (Å²) in [5, 5.41) is 0. The van der Waals surface area contributed by atoms with Gasteiger partial charge in [-0.15, -0.1) is 0 Å². The van der Waals surface area contributed by atoms with Crippen LogP contribution in [0.2, 0.25) is 0 Å². The van der Waals surface area contributed by atoms with Gasteiger partial charge in [0, 0.05) is 39.4 Å². The van der Waals surface area contributed by atoms with Gasteiger partial charge in [-0.05, 0) is 13.0 Å². The Balaban J connectivity index is 1.83. The van der Waals surface area contributed by atoms with Crippen molar-refractivity contribution in [3.63, 3.8) is 0 Å². The number of nitrogens with zero attached hydrogens (tertiary/aromatic N) is 3. The maximum absolute atomic E-state index is 12.7. The molecule has 2 aliphatic heterocycles. The fourth-order valence-electron chi connectivity index (χ4n) is 2.99. The predicted octanol–water partition coefficient (Wildman–Crippen LogP) is -0.0931. The number of amides is 1. The number of hydrogen-bond acceptors (Lipinski definition) is 5. The molecule has 2 aliphatic rings. The van der Waals surface area contributed by atoms with Crippen LogP contribution in [-0.4, -0.2) is 80.2 Å². The molecule has 0 spiro atoms. The normalized spacial score (nSPS) is 23.4. The molecule has 1 atom stereocenters. The highest BCUT2D eigenvalue weighted by atomic mass is 32.2. The second kappa shape index (κ2) is 6.83. The molecule has 3 rings (SSSR count). The Bertz CT molecular complexity index is 709. The van der Waals surface area contributed by atoms with Crippen LogP contribution in [0.3, 0.4) is 0 Å². The van der Waals surface area contributed by atoms with E-state index in [9.17, 15) is 13.2 Å². The molecular formula is C15H23N3O5S. The number of morpholine rings is 2. The Morgan fingerprint density at radius 1 is 1.21 bits per heavy atom. The van der Waals surface area contributed by atoms with Crippen molar-refractivity contribution in [2.75, 3.05) is 46.0 Å². The summed E-state index contributed by atoms with van der Waals surface area (Å²) in [5.74, 6) is -0.170. The number of sulfonamides is 1. The number of aryl methyl sites for hydroxylation is 1. The van der Waals surface area contributed by atoms with Crippen molar-refractivity contribution >= 4 is 15.9 Å². The second-order valence-electron chi connectivity index (χ2n) is 6.12. The van der Waals surface area contributed by atoms with Crippen molar-refractivity contribution in [3.05, 3.63) is 18.0 Å². The minimum absolute atomic E-state index is 0.0143. The summed E-state index contributed by atoms with van der Waals surface area (Å²) < 4.78 is 39.1. The fourth-order valence-corrected chi connectivity index (χ4v) is 4.47. The molecule has 2 fully saturated rings. The van der Waals surface area contributed by atoms with Gasteiger partial charge in [-0.3, -0.25) is 4.79 Å². The molecule has 1 amide bonds. The van der Waals surface area contributed by atoms with E-state index in [0.29, 0.717) is 51.7 Å². The van der Waals surface area contributed by atoms with Crippen LogP contribution in [0.1, 0.15) is 17.4 Å². The maximum atomic E-state index is 12.7. The molecule has 1 aromatic heterocycles. The van der Waals surface area contributed by atoms with E-state index in [1.807, 2.05) is 6.92 Å². The zero-order valence-electron chi connectivity index (χ0n) is 14.0. The largest absolute Gasteiger partial charge is 0.379 e. The fraction of sp³-hybridized carbons (Fsp3) is 0.667. The Morgan fingerprint density at radius 2 is 1.92 bits per heavy atom. The first-order valence-corrected chi connectivity index (χ1v) is 9.49. The lowest BCUT2D eigenvalue weighted by molar-refractivity contribution is -0.0127. The summed E-state index contributed by atoms with van der Waals surface area (Å²) in [6, 6.07) is 1.47. The van der Waals surface area contributed by atoms with Crippen LogP contribution in [0.25, 0.3) is 0 Å². The lowest BCUT2D eigenvalue weighted by Gasteiger charge is -2.31. The van der Waals surface area contributed by atoms with Crippen molar-refractivity contribution in [1.82, 2.24) is 13.8 Å². The van der Waals surface area contributed by atoms with E-state index < -0.39 is 10.0 Å². The number of carbonyl (C=O) groups excluding carboxylic acids is 1. The SMILES string of the molecule is CC1CN(C(=O)c2cc(S(=O)(=O)N3CCOCC3)cn2C)CCO1. The van der Waals surface area contributed by atoms with Crippen LogP contribution in [0.4, 0.5) is 0 Å². The van der Waals surface area contributed by atoms with Crippen molar-refractivity contribution < 1.29 is 22.7 Å². The summed E-state index contributed by atoms with van der Waals surface area (Å²) in [6.45, 7) is 4.89. The average Bonchev–Trinajstić information content (AvgIpc) is 2.97. The molecule has 0 saturated carbocycles. The topological polar surface area (TPSA) is 81.1 Å². The monoisotopic (exact) mass is 357 g/mol. The Kier molecular flexibility index (Phi) is 4.95. The number of carbonyl (C=O) groups is 1. The number of hydrogen-bond donors (Lipinski definition) is 0. The molecule has 0 radical (unpaired) electrons. The first-order valence-electron chi connectivity index (χ1n) is 8.05. The van der Waals surface area contributed by atoms with Gasteiger partial charge < -0.3 is 18.9 Å². The third-order valence-electron chi connectivity index (χ3n) is 4.34. The maximum Gasteiger partial charge on any atom is 0.270 e. The van der Waals surface area contributed by atoms with Gasteiger partial charge in [0.15, 0.2) is 0 Å². The molecule has 1 aromatic rings. The zero-order chi connectivity index (χ0) is 17.3. The summed E-state index contributed by atoms with van der Waals surface area (Å²) in [5.41, 5.74) is 0.371. The van der Waals surface area contributed by atoms with Gasteiger partial charge in [0.1, 0.15) is 10.6 Å². The molecule has 0 aromatic carbocycles. The minimum atomic E-state index is -3.60. The van der Waals surface area contributed by atoms with Gasteiger partial charge in [0.25, 0.3) is 5.91 Å². The molecule has 0 bridgehead atoms. The number of aromatic nitrogens is 1. The molecule has 0 aliphatic carbocycles. The van der Waals surface area contributed by atoms with Crippen molar-refractivity contribution in [3.8, 4) is 0 Å². The molecule has 24 heavy (non-hydrogen) atoms. The standard InChI is InChI=1S/C15H23N3O5S/c1-12-10-17(3-8-23-12)15(19)14-9-13(11-16(14)2)24(20,21)18-4-6-22-7-5-18/h9,11-12H,3-8,10H2,1-2H3. The minimum Gasteiger partial charge on any atom is -0.379 e. The van der Waals surface area contributed by atoms with Gasteiger partial charge in [0.05, 0.1) is 25.9 Å². The van der Waals surface area contributed by atoms with Gasteiger partial charge in [-0.25, -0.2) is 8.42 Å². The average molecular weight is 357 g/mol. The number of ether oxygens (including phenoxy) is 2. The van der Waals surface area contributed by atoms with Crippen LogP contribution >= 0.6 is 0 Å². The summed E-state index contributed by atoms with van der Waals surface area (Å²) in [7, 11) is -1.91. The van der Waals surface area contributed by atoms with E-state index in [1.165, 1.54) is 16.6 Å². The molecular weight excluding hydrogens is 334 g/mol. The lowest BCUT2D eigenvalue weighted by Crippen LogP contribution is -2.45. The van der Waals surface area contributed by atoms with Crippen molar-refractivity contribution in [2.24, 2.45) is 7.05 Å². The Hall–Kier alpha value is -1.42. The van der Waals surface area contributed by atoms with Crippen LogP contribution in [0, 0.1) is 0 Å². The highest BCUT2D eigenvalue weighted by Crippen LogP contribution is 2.21. The van der Waals surface area contributed by atoms with Crippen LogP contribution in [0.15, 0.2) is 17.2 Å². The zero-order valence-corrected chi connectivity index (χ0v) is 14.8. The second-order valence-corrected chi connectivity index (χ2v) is 8.06. The van der Waals surface area contributed by atoms with Gasteiger partial charge in [-0.1, -0.05) is 0 Å². The number of rotatable bonds is 3. The highest BCUT2D eigenvalue weighted by Gasteiger charge is 2.30. The highest BCUT2D eigenvalue weighted by molar-refractivity contribution is 7.89.